The number of carboxylic acid groups (broad SMARTS) is 2. The van der Waals surface area contributed by atoms with Crippen molar-refractivity contribution in [1.29, 1.82) is 0 Å². The fraction of sp³-hybridized carbons (Fsp3) is 0.467. The Bertz CT molecular complexity index is 1620. The van der Waals surface area contributed by atoms with E-state index in [-0.39, 0.29) is 18.0 Å². The number of aliphatic hydroxyl groups excluding tert-OH is 2. The zero-order valence-electron chi connectivity index (χ0n) is 25.6. The predicted molar refractivity (Wildman–Crippen MR) is 163 cm³/mol. The second kappa shape index (κ2) is 14.3. The molecule has 1 saturated heterocycles. The van der Waals surface area contributed by atoms with Gasteiger partial charge in [-0.25, -0.2) is 18.7 Å². The van der Waals surface area contributed by atoms with Gasteiger partial charge in [-0.1, -0.05) is 23.7 Å². The Hall–Kier alpha value is -3.54. The van der Waals surface area contributed by atoms with Crippen molar-refractivity contribution < 1.29 is 52.7 Å². The first-order valence-corrected chi connectivity index (χ1v) is 15.6. The topological polar surface area (TPSA) is 166 Å². The molecule has 1 aromatic carbocycles. The largest absolute Gasteiger partial charge is 0.479 e. The zero-order chi connectivity index (χ0) is 34.8. The SMILES string of the molecule is CC(=O)N(C)Cc1cccc(F)c1-n1cc(CN2CCC3(CC2)OCC(F)(F)c2cc(Cl)sc23)c(C)n1.O=C(O)[C@H](O)[C@@H](O)C(=O)O. The molecule has 1 fully saturated rings. The number of amides is 1. The van der Waals surface area contributed by atoms with Gasteiger partial charge < -0.3 is 30.1 Å². The zero-order valence-corrected chi connectivity index (χ0v) is 27.2. The summed E-state index contributed by atoms with van der Waals surface area (Å²) in [4.78, 5) is 35.6. The molecule has 2 aromatic heterocycles. The highest BCUT2D eigenvalue weighted by molar-refractivity contribution is 7.16. The van der Waals surface area contributed by atoms with Crippen LogP contribution in [0.5, 0.6) is 0 Å². The number of halogens is 4. The number of likely N-dealkylation sites (tertiary alicyclic amines) is 1. The summed E-state index contributed by atoms with van der Waals surface area (Å²) in [5.41, 5.74) is 1.95. The van der Waals surface area contributed by atoms with E-state index in [0.717, 1.165) is 11.3 Å². The number of rotatable bonds is 8. The van der Waals surface area contributed by atoms with Gasteiger partial charge in [-0.3, -0.25) is 9.69 Å². The number of carbonyl (C=O) groups excluding carboxylic acids is 1. The molecule has 2 aliphatic rings. The van der Waals surface area contributed by atoms with Gasteiger partial charge in [0.05, 0.1) is 10.0 Å². The first-order valence-electron chi connectivity index (χ1n) is 14.4. The number of fused-ring (bicyclic) bond motifs is 2. The number of aliphatic hydroxyl groups is 2. The number of thiophene rings is 1. The quantitative estimate of drug-likeness (QED) is 0.273. The third kappa shape index (κ3) is 7.96. The van der Waals surface area contributed by atoms with E-state index in [2.05, 4.69) is 10.00 Å². The molecule has 5 rings (SSSR count). The Morgan fingerprint density at radius 1 is 1.13 bits per heavy atom. The molecule has 1 spiro atoms. The molecule has 17 heteroatoms. The molecule has 4 N–H and O–H groups in total. The van der Waals surface area contributed by atoms with Crippen molar-refractivity contribution in [2.24, 2.45) is 0 Å². The van der Waals surface area contributed by atoms with E-state index in [1.165, 1.54) is 35.3 Å². The summed E-state index contributed by atoms with van der Waals surface area (Å²) >= 11 is 7.30. The van der Waals surface area contributed by atoms with Gasteiger partial charge in [-0.15, -0.1) is 11.3 Å². The van der Waals surface area contributed by atoms with E-state index < -0.39 is 48.1 Å². The van der Waals surface area contributed by atoms with Gasteiger partial charge >= 0.3 is 11.9 Å². The van der Waals surface area contributed by atoms with Crippen molar-refractivity contribution >= 4 is 40.8 Å². The average Bonchev–Trinajstić information content (AvgIpc) is 3.59. The smallest absolute Gasteiger partial charge is 0.335 e. The minimum Gasteiger partial charge on any atom is -0.479 e. The second-order valence-corrected chi connectivity index (χ2v) is 13.1. The summed E-state index contributed by atoms with van der Waals surface area (Å²) in [6.07, 6.45) is -1.55. The molecule has 3 aromatic rings. The summed E-state index contributed by atoms with van der Waals surface area (Å²) < 4.78 is 51.5. The van der Waals surface area contributed by atoms with E-state index in [1.807, 2.05) is 13.1 Å². The maximum absolute atomic E-state index is 14.9. The second-order valence-electron chi connectivity index (χ2n) is 11.4. The number of piperidine rings is 1. The molecule has 0 unspecified atom stereocenters. The van der Waals surface area contributed by atoms with Crippen LogP contribution in [0.2, 0.25) is 4.34 Å². The van der Waals surface area contributed by atoms with Crippen molar-refractivity contribution in [3.8, 4) is 5.69 Å². The van der Waals surface area contributed by atoms with Crippen molar-refractivity contribution in [3.63, 3.8) is 0 Å². The molecule has 47 heavy (non-hydrogen) atoms. The number of hydrogen-bond acceptors (Lipinski definition) is 9. The number of aryl methyl sites for hydroxylation is 1. The fourth-order valence-electron chi connectivity index (χ4n) is 5.37. The standard InChI is InChI=1S/C26H28ClF3N4O2S.C4H6O6/c1-16-19(14-34(31-16)23-18(5-4-6-21(23)28)12-32(3)17(2)35)13-33-9-7-25(8-10-33)24-20(11-22(27)37-24)26(29,30)15-36-25;5-1(3(7)8)2(6)4(9)10/h4-6,11,14H,7-10,12-13,15H2,1-3H3;1-2,5-6H,(H,7,8)(H,9,10)/t;1-,2-/m.1/s1. The number of alkyl halides is 2. The van der Waals surface area contributed by atoms with Crippen LogP contribution in [0.1, 0.15) is 47.0 Å². The van der Waals surface area contributed by atoms with Crippen LogP contribution in [0.15, 0.2) is 30.5 Å². The monoisotopic (exact) mass is 702 g/mol. The number of aliphatic carboxylic acids is 2. The van der Waals surface area contributed by atoms with Crippen LogP contribution in [0.25, 0.3) is 5.69 Å². The Balaban J connectivity index is 0.000000434. The summed E-state index contributed by atoms with van der Waals surface area (Å²) in [6, 6.07) is 6.17. The molecule has 0 saturated carbocycles. The number of hydrogen-bond donors (Lipinski definition) is 4. The molecular weight excluding hydrogens is 669 g/mol. The first-order chi connectivity index (χ1) is 22.0. The molecule has 256 valence electrons. The molecule has 0 aliphatic carbocycles. The molecule has 0 radical (unpaired) electrons. The molecule has 12 nitrogen and oxygen atoms in total. The number of ether oxygens (including phenoxy) is 1. The maximum atomic E-state index is 14.9. The number of carbonyl (C=O) groups is 3. The van der Waals surface area contributed by atoms with Gasteiger partial charge in [0.25, 0.3) is 5.92 Å². The Morgan fingerprint density at radius 3 is 2.32 bits per heavy atom. The van der Waals surface area contributed by atoms with Crippen LogP contribution in [0, 0.1) is 12.7 Å². The summed E-state index contributed by atoms with van der Waals surface area (Å²) in [6.45, 7) is 4.87. The lowest BCUT2D eigenvalue weighted by Gasteiger charge is -2.45. The van der Waals surface area contributed by atoms with Crippen LogP contribution in [-0.2, 0) is 43.7 Å². The van der Waals surface area contributed by atoms with E-state index in [1.54, 1.807) is 23.9 Å². The lowest BCUT2D eigenvalue weighted by atomic mass is 9.84. The Morgan fingerprint density at radius 2 is 1.74 bits per heavy atom. The highest BCUT2D eigenvalue weighted by Crippen LogP contribution is 2.52. The van der Waals surface area contributed by atoms with Gasteiger partial charge in [-0.2, -0.15) is 13.9 Å². The van der Waals surface area contributed by atoms with Crippen LogP contribution >= 0.6 is 22.9 Å². The van der Waals surface area contributed by atoms with E-state index in [0.29, 0.717) is 52.9 Å². The van der Waals surface area contributed by atoms with Crippen LogP contribution in [-0.4, -0.2) is 96.8 Å². The van der Waals surface area contributed by atoms with Crippen LogP contribution < -0.4 is 0 Å². The predicted octanol–water partition coefficient (Wildman–Crippen LogP) is 3.50. The lowest BCUT2D eigenvalue weighted by molar-refractivity contribution is -0.182. The average molecular weight is 703 g/mol. The van der Waals surface area contributed by atoms with Crippen molar-refractivity contribution in [3.05, 3.63) is 67.9 Å². The van der Waals surface area contributed by atoms with E-state index in [4.69, 9.17) is 36.8 Å². The minimum atomic E-state index is -3.03. The van der Waals surface area contributed by atoms with Crippen molar-refractivity contribution in [1.82, 2.24) is 19.6 Å². The number of para-hydroxylation sites is 1. The van der Waals surface area contributed by atoms with Gasteiger partial charge in [0.15, 0.2) is 12.2 Å². The molecule has 2 atom stereocenters. The molecule has 1 amide bonds. The highest BCUT2D eigenvalue weighted by Gasteiger charge is 2.51. The van der Waals surface area contributed by atoms with Crippen molar-refractivity contribution in [2.75, 3.05) is 26.7 Å². The summed E-state index contributed by atoms with van der Waals surface area (Å²) in [7, 11) is 1.67. The molecular formula is C30H34ClF3N4O8S. The lowest BCUT2D eigenvalue weighted by Crippen LogP contribution is -2.48. The Labute approximate surface area is 276 Å². The number of carboxylic acids is 2. The van der Waals surface area contributed by atoms with Gasteiger partial charge in [0, 0.05) is 67.9 Å². The first kappa shape index (κ1) is 36.3. The number of aromatic nitrogens is 2. The van der Waals surface area contributed by atoms with Crippen molar-refractivity contribution in [2.45, 2.75) is 63.5 Å². The summed E-state index contributed by atoms with van der Waals surface area (Å²) in [5.74, 6) is -7.10. The number of nitrogens with zero attached hydrogens (tertiary/aromatic N) is 4. The third-order valence-corrected chi connectivity index (χ3v) is 9.60. The summed E-state index contributed by atoms with van der Waals surface area (Å²) in [5, 5.41) is 37.1. The highest BCUT2D eigenvalue weighted by atomic mass is 35.5. The van der Waals surface area contributed by atoms with Gasteiger partial charge in [0.1, 0.15) is 23.7 Å². The normalized spacial score (nSPS) is 18.1. The molecule has 2 aliphatic heterocycles. The fourth-order valence-corrected chi connectivity index (χ4v) is 6.85. The van der Waals surface area contributed by atoms with E-state index >= 15 is 0 Å². The van der Waals surface area contributed by atoms with Crippen LogP contribution in [0.4, 0.5) is 13.2 Å². The molecule has 0 bridgehead atoms. The number of benzene rings is 1. The minimum absolute atomic E-state index is 0.00423. The van der Waals surface area contributed by atoms with Gasteiger partial charge in [0.2, 0.25) is 5.91 Å². The van der Waals surface area contributed by atoms with E-state index in [9.17, 15) is 27.6 Å². The third-order valence-electron chi connectivity index (χ3n) is 8.15. The van der Waals surface area contributed by atoms with Gasteiger partial charge in [-0.05, 0) is 31.9 Å². The molecule has 4 heterocycles. The Kier molecular flexibility index (Phi) is 11.0. The maximum Gasteiger partial charge on any atom is 0.335 e. The van der Waals surface area contributed by atoms with Crippen LogP contribution in [0.3, 0.4) is 0 Å².